The third-order valence-corrected chi connectivity index (χ3v) is 3.47. The lowest BCUT2D eigenvalue weighted by atomic mass is 10.2. The molecule has 1 aromatic heterocycles. The van der Waals surface area contributed by atoms with Crippen LogP contribution < -0.4 is 11.1 Å². The Labute approximate surface area is 116 Å². The van der Waals surface area contributed by atoms with Crippen LogP contribution in [0.1, 0.15) is 0 Å². The van der Waals surface area contributed by atoms with E-state index < -0.39 is 0 Å². The van der Waals surface area contributed by atoms with Crippen molar-refractivity contribution in [3.8, 4) is 0 Å². The summed E-state index contributed by atoms with van der Waals surface area (Å²) in [6.45, 7) is 0. The number of fused-ring (bicyclic) bond motifs is 1. The highest BCUT2D eigenvalue weighted by Crippen LogP contribution is 2.31. The summed E-state index contributed by atoms with van der Waals surface area (Å²) < 4.78 is 13.7. The van der Waals surface area contributed by atoms with Crippen LogP contribution in [0.2, 0.25) is 0 Å². The van der Waals surface area contributed by atoms with E-state index in [1.807, 2.05) is 12.1 Å². The molecular weight excluding hydrogens is 311 g/mol. The van der Waals surface area contributed by atoms with Gasteiger partial charge in [-0.15, -0.1) is 0 Å². The fraction of sp³-hybridized carbons (Fsp3) is 0. The van der Waals surface area contributed by atoms with Crippen molar-refractivity contribution in [2.75, 3.05) is 11.1 Å². The average Bonchev–Trinajstić information content (AvgIpc) is 2.80. The number of aromatic amines is 1. The Morgan fingerprint density at radius 2 is 2.05 bits per heavy atom. The minimum Gasteiger partial charge on any atom is -0.397 e. The lowest BCUT2D eigenvalue weighted by Gasteiger charge is -2.11. The van der Waals surface area contributed by atoms with E-state index in [9.17, 15) is 4.39 Å². The highest BCUT2D eigenvalue weighted by Gasteiger charge is 2.07. The number of nitrogens with one attached hydrogen (secondary N) is 2. The summed E-state index contributed by atoms with van der Waals surface area (Å²) in [6, 6.07) is 8.13. The highest BCUT2D eigenvalue weighted by atomic mass is 79.9. The maximum Gasteiger partial charge on any atom is 0.124 e. The number of benzene rings is 2. The molecule has 0 radical (unpaired) electrons. The Balaban J connectivity index is 2.02. The summed E-state index contributed by atoms with van der Waals surface area (Å²) in [5.41, 5.74) is 8.95. The lowest BCUT2D eigenvalue weighted by molar-refractivity contribution is 0.627. The average molecular weight is 321 g/mol. The van der Waals surface area contributed by atoms with E-state index in [-0.39, 0.29) is 5.82 Å². The van der Waals surface area contributed by atoms with E-state index in [4.69, 9.17) is 5.73 Å². The minimum atomic E-state index is -0.297. The van der Waals surface area contributed by atoms with Crippen LogP contribution in [0.25, 0.3) is 10.9 Å². The topological polar surface area (TPSA) is 66.7 Å². The SMILES string of the molecule is Nc1cc2cn[nH]c2cc1Nc1ccc(F)cc1Br. The number of hydrogen-bond donors (Lipinski definition) is 3. The second kappa shape index (κ2) is 4.55. The highest BCUT2D eigenvalue weighted by molar-refractivity contribution is 9.10. The molecule has 19 heavy (non-hydrogen) atoms. The Morgan fingerprint density at radius 1 is 1.21 bits per heavy atom. The molecule has 3 rings (SSSR count). The van der Waals surface area contributed by atoms with Gasteiger partial charge in [0.2, 0.25) is 0 Å². The summed E-state index contributed by atoms with van der Waals surface area (Å²) in [6.07, 6.45) is 1.71. The van der Waals surface area contributed by atoms with Crippen molar-refractivity contribution in [3.05, 3.63) is 46.8 Å². The Kier molecular flexibility index (Phi) is 2.87. The number of aromatic nitrogens is 2. The number of H-pyrrole nitrogens is 1. The molecule has 2 aromatic carbocycles. The van der Waals surface area contributed by atoms with Crippen LogP contribution >= 0.6 is 15.9 Å². The van der Waals surface area contributed by atoms with Crippen LogP contribution in [0.5, 0.6) is 0 Å². The van der Waals surface area contributed by atoms with Gasteiger partial charge in [0.1, 0.15) is 5.82 Å². The largest absolute Gasteiger partial charge is 0.397 e. The summed E-state index contributed by atoms with van der Waals surface area (Å²) in [4.78, 5) is 0. The van der Waals surface area contributed by atoms with Crippen LogP contribution in [0.15, 0.2) is 41.0 Å². The fourth-order valence-electron chi connectivity index (χ4n) is 1.85. The number of nitrogens with two attached hydrogens (primary N) is 1. The van der Waals surface area contributed by atoms with E-state index in [0.29, 0.717) is 10.2 Å². The van der Waals surface area contributed by atoms with Crippen LogP contribution in [0.4, 0.5) is 21.5 Å². The van der Waals surface area contributed by atoms with E-state index in [1.165, 1.54) is 12.1 Å². The number of nitrogen functional groups attached to an aromatic ring is 1. The van der Waals surface area contributed by atoms with Gasteiger partial charge in [-0.05, 0) is 46.3 Å². The summed E-state index contributed by atoms with van der Waals surface area (Å²) in [7, 11) is 0. The molecule has 0 aliphatic carbocycles. The second-order valence-corrected chi connectivity index (χ2v) is 5.00. The second-order valence-electron chi connectivity index (χ2n) is 4.15. The molecule has 0 atom stereocenters. The van der Waals surface area contributed by atoms with Crippen LogP contribution in [-0.4, -0.2) is 10.2 Å². The molecule has 1 heterocycles. The van der Waals surface area contributed by atoms with Gasteiger partial charge in [-0.3, -0.25) is 5.10 Å². The van der Waals surface area contributed by atoms with Crippen molar-refractivity contribution in [2.45, 2.75) is 0 Å². The van der Waals surface area contributed by atoms with Crippen LogP contribution in [0, 0.1) is 5.82 Å². The van der Waals surface area contributed by atoms with Gasteiger partial charge in [0.25, 0.3) is 0 Å². The molecule has 96 valence electrons. The summed E-state index contributed by atoms with van der Waals surface area (Å²) in [5.74, 6) is -0.297. The number of halogens is 2. The standard InChI is InChI=1S/C13H10BrFN4/c14-9-4-8(15)1-2-11(9)18-13-5-12-7(3-10(13)16)6-17-19-12/h1-6,18H,16H2,(H,17,19). The molecule has 4 N–H and O–H groups in total. The number of rotatable bonds is 2. The zero-order valence-electron chi connectivity index (χ0n) is 9.74. The molecule has 3 aromatic rings. The van der Waals surface area contributed by atoms with Crippen LogP contribution in [0.3, 0.4) is 0 Å². The molecule has 0 aliphatic heterocycles. The van der Waals surface area contributed by atoms with E-state index in [1.54, 1.807) is 12.3 Å². The van der Waals surface area contributed by atoms with E-state index >= 15 is 0 Å². The predicted molar refractivity (Wildman–Crippen MR) is 77.9 cm³/mol. The summed E-state index contributed by atoms with van der Waals surface area (Å²) in [5, 5.41) is 10.9. The number of anilines is 3. The molecule has 0 amide bonds. The third-order valence-electron chi connectivity index (χ3n) is 2.81. The molecule has 0 fully saturated rings. The predicted octanol–water partition coefficient (Wildman–Crippen LogP) is 3.79. The first kappa shape index (κ1) is 12.0. The lowest BCUT2D eigenvalue weighted by Crippen LogP contribution is -1.97. The Hall–Kier alpha value is -2.08. The van der Waals surface area contributed by atoms with Gasteiger partial charge < -0.3 is 11.1 Å². The Morgan fingerprint density at radius 3 is 2.84 bits per heavy atom. The molecule has 0 unspecified atom stereocenters. The maximum atomic E-state index is 13.0. The van der Waals surface area contributed by atoms with Crippen molar-refractivity contribution in [1.29, 1.82) is 0 Å². The maximum absolute atomic E-state index is 13.0. The first-order chi connectivity index (χ1) is 9.13. The van der Waals surface area contributed by atoms with Crippen molar-refractivity contribution in [2.24, 2.45) is 0 Å². The van der Waals surface area contributed by atoms with Crippen molar-refractivity contribution in [1.82, 2.24) is 10.2 Å². The third kappa shape index (κ3) is 2.26. The smallest absolute Gasteiger partial charge is 0.124 e. The van der Waals surface area contributed by atoms with E-state index in [2.05, 4.69) is 31.4 Å². The van der Waals surface area contributed by atoms with Crippen molar-refractivity contribution in [3.63, 3.8) is 0 Å². The van der Waals surface area contributed by atoms with Gasteiger partial charge >= 0.3 is 0 Å². The van der Waals surface area contributed by atoms with Gasteiger partial charge in [0.15, 0.2) is 0 Å². The first-order valence-electron chi connectivity index (χ1n) is 5.58. The minimum absolute atomic E-state index is 0.297. The summed E-state index contributed by atoms with van der Waals surface area (Å²) >= 11 is 3.31. The molecule has 0 spiro atoms. The molecular formula is C13H10BrFN4. The zero-order valence-corrected chi connectivity index (χ0v) is 11.3. The normalized spacial score (nSPS) is 10.8. The van der Waals surface area contributed by atoms with Crippen LogP contribution in [-0.2, 0) is 0 Å². The van der Waals surface area contributed by atoms with E-state index in [0.717, 1.165) is 22.3 Å². The monoisotopic (exact) mass is 320 g/mol. The Bertz CT molecular complexity index is 753. The van der Waals surface area contributed by atoms with Crippen molar-refractivity contribution >= 4 is 43.9 Å². The van der Waals surface area contributed by atoms with Gasteiger partial charge in [-0.25, -0.2) is 4.39 Å². The van der Waals surface area contributed by atoms with Crippen molar-refractivity contribution < 1.29 is 4.39 Å². The fourth-order valence-corrected chi connectivity index (χ4v) is 2.30. The molecule has 4 nitrogen and oxygen atoms in total. The van der Waals surface area contributed by atoms with Gasteiger partial charge in [-0.2, -0.15) is 5.10 Å². The van der Waals surface area contributed by atoms with Gasteiger partial charge in [-0.1, -0.05) is 0 Å². The molecule has 0 saturated heterocycles. The molecule has 0 aliphatic rings. The molecule has 0 bridgehead atoms. The number of hydrogen-bond acceptors (Lipinski definition) is 3. The zero-order chi connectivity index (χ0) is 13.4. The first-order valence-corrected chi connectivity index (χ1v) is 6.37. The molecule has 6 heteroatoms. The number of nitrogens with zero attached hydrogens (tertiary/aromatic N) is 1. The quantitative estimate of drug-likeness (QED) is 0.629. The molecule has 0 saturated carbocycles. The van der Waals surface area contributed by atoms with Gasteiger partial charge in [0, 0.05) is 9.86 Å². The van der Waals surface area contributed by atoms with Gasteiger partial charge in [0.05, 0.1) is 28.8 Å².